The normalized spacial score (nSPS) is 14.7. The Morgan fingerprint density at radius 2 is 1.50 bits per heavy atom. The smallest absolute Gasteiger partial charge is 0.177 e. The third-order valence-corrected chi connectivity index (χ3v) is 7.01. The molecule has 0 aliphatic heterocycles. The molecule has 0 radical (unpaired) electrons. The van der Waals surface area contributed by atoms with E-state index in [9.17, 15) is 4.57 Å². The van der Waals surface area contributed by atoms with E-state index in [2.05, 4.69) is 16.9 Å². The second kappa shape index (κ2) is 7.45. The van der Waals surface area contributed by atoms with Crippen molar-refractivity contribution in [1.29, 1.82) is 0 Å². The van der Waals surface area contributed by atoms with Gasteiger partial charge in [-0.15, -0.1) is 0 Å². The molecular formula is C19H22NOP. The topological polar surface area (TPSA) is 29.1 Å². The maximum atomic E-state index is 13.6. The minimum absolute atomic E-state index is 0.0126. The van der Waals surface area contributed by atoms with Crippen LogP contribution in [0.4, 0.5) is 0 Å². The molecule has 114 valence electrons. The molecule has 2 unspecified atom stereocenters. The van der Waals surface area contributed by atoms with Crippen molar-refractivity contribution in [3.8, 4) is 11.6 Å². The fourth-order valence-electron chi connectivity index (χ4n) is 2.38. The lowest BCUT2D eigenvalue weighted by Crippen LogP contribution is -2.19. The third kappa shape index (κ3) is 3.69. The molecule has 2 aromatic carbocycles. The SMILES string of the molecule is CNC(c1ccccc1)P(=O)(C#Cc1ccccc1)C(C)C. The van der Waals surface area contributed by atoms with Gasteiger partial charge in [0.2, 0.25) is 0 Å². The lowest BCUT2D eigenvalue weighted by molar-refractivity contribution is 0.557. The van der Waals surface area contributed by atoms with E-state index in [1.54, 1.807) is 0 Å². The molecule has 2 rings (SSSR count). The molecule has 3 heteroatoms. The van der Waals surface area contributed by atoms with Crippen LogP contribution in [0.15, 0.2) is 60.7 Å². The second-order valence-electron chi connectivity index (χ2n) is 5.51. The fourth-order valence-corrected chi connectivity index (χ4v) is 4.67. The second-order valence-corrected chi connectivity index (χ2v) is 8.70. The van der Waals surface area contributed by atoms with E-state index < -0.39 is 7.14 Å². The van der Waals surface area contributed by atoms with Gasteiger partial charge in [-0.25, -0.2) is 0 Å². The van der Waals surface area contributed by atoms with Crippen LogP contribution in [-0.4, -0.2) is 12.7 Å². The number of benzene rings is 2. The van der Waals surface area contributed by atoms with Gasteiger partial charge in [0.05, 0.1) is 5.78 Å². The summed E-state index contributed by atoms with van der Waals surface area (Å²) in [4.78, 5) is 0. The van der Waals surface area contributed by atoms with Crippen molar-refractivity contribution in [2.45, 2.75) is 25.3 Å². The van der Waals surface area contributed by atoms with Gasteiger partial charge >= 0.3 is 0 Å². The minimum Gasteiger partial charge on any atom is -0.308 e. The Hall–Kier alpha value is -1.81. The molecule has 2 atom stereocenters. The van der Waals surface area contributed by atoms with Crippen LogP contribution in [0.5, 0.6) is 0 Å². The highest BCUT2D eigenvalue weighted by molar-refractivity contribution is 7.69. The summed E-state index contributed by atoms with van der Waals surface area (Å²) in [5, 5.41) is 3.21. The molecule has 0 aliphatic carbocycles. The molecule has 0 aliphatic rings. The average Bonchev–Trinajstić information content (AvgIpc) is 2.55. The first-order valence-corrected chi connectivity index (χ1v) is 9.32. The minimum atomic E-state index is -2.76. The zero-order valence-electron chi connectivity index (χ0n) is 13.3. The first-order valence-electron chi connectivity index (χ1n) is 7.48. The van der Waals surface area contributed by atoms with Gasteiger partial charge in [-0.05, 0) is 30.4 Å². The Labute approximate surface area is 133 Å². The number of rotatable bonds is 4. The van der Waals surface area contributed by atoms with Crippen molar-refractivity contribution in [2.24, 2.45) is 0 Å². The molecule has 0 heterocycles. The van der Waals surface area contributed by atoms with Gasteiger partial charge in [-0.2, -0.15) is 0 Å². The Bertz CT molecular complexity index is 698. The van der Waals surface area contributed by atoms with Gasteiger partial charge in [0.25, 0.3) is 0 Å². The molecule has 0 fully saturated rings. The van der Waals surface area contributed by atoms with Crippen LogP contribution in [0, 0.1) is 11.6 Å². The first-order chi connectivity index (χ1) is 10.6. The van der Waals surface area contributed by atoms with E-state index in [0.717, 1.165) is 11.1 Å². The van der Waals surface area contributed by atoms with Crippen LogP contribution in [0.2, 0.25) is 0 Å². The predicted molar refractivity (Wildman–Crippen MR) is 94.3 cm³/mol. The summed E-state index contributed by atoms with van der Waals surface area (Å²) in [7, 11) is -0.917. The van der Waals surface area contributed by atoms with E-state index in [1.807, 2.05) is 81.6 Å². The molecule has 0 saturated carbocycles. The summed E-state index contributed by atoms with van der Waals surface area (Å²) in [6.07, 6.45) is 0. The standard InChI is InChI=1S/C19H22NOP/c1-16(2)22(21,15-14-17-10-6-4-7-11-17)19(20-3)18-12-8-5-9-13-18/h4-13,16,19-20H,1-3H3. The highest BCUT2D eigenvalue weighted by Crippen LogP contribution is 2.60. The van der Waals surface area contributed by atoms with Gasteiger partial charge in [0, 0.05) is 11.2 Å². The third-order valence-electron chi connectivity index (χ3n) is 3.69. The lowest BCUT2D eigenvalue weighted by atomic mass is 10.2. The maximum absolute atomic E-state index is 13.6. The summed E-state index contributed by atoms with van der Waals surface area (Å²) in [6.45, 7) is 3.96. The van der Waals surface area contributed by atoms with Crippen molar-refractivity contribution in [3.05, 3.63) is 71.8 Å². The summed E-state index contributed by atoms with van der Waals surface area (Å²) >= 11 is 0. The monoisotopic (exact) mass is 311 g/mol. The van der Waals surface area contributed by atoms with Crippen LogP contribution in [0.1, 0.15) is 30.8 Å². The Morgan fingerprint density at radius 1 is 0.955 bits per heavy atom. The summed E-state index contributed by atoms with van der Waals surface area (Å²) in [5.41, 5.74) is 5.00. The molecule has 2 nitrogen and oxygen atoms in total. The fraction of sp³-hybridized carbons (Fsp3) is 0.263. The first kappa shape index (κ1) is 16.6. The Balaban J connectivity index is 2.44. The van der Waals surface area contributed by atoms with Crippen LogP contribution in [0.25, 0.3) is 0 Å². The molecule has 0 bridgehead atoms. The van der Waals surface area contributed by atoms with E-state index in [1.165, 1.54) is 0 Å². The number of hydrogen-bond acceptors (Lipinski definition) is 2. The lowest BCUT2D eigenvalue weighted by Gasteiger charge is -2.26. The van der Waals surface area contributed by atoms with Crippen molar-refractivity contribution in [3.63, 3.8) is 0 Å². The maximum Gasteiger partial charge on any atom is 0.177 e. The van der Waals surface area contributed by atoms with Gasteiger partial charge < -0.3 is 9.88 Å². The van der Waals surface area contributed by atoms with E-state index in [4.69, 9.17) is 0 Å². The molecule has 22 heavy (non-hydrogen) atoms. The average molecular weight is 311 g/mol. The summed E-state index contributed by atoms with van der Waals surface area (Å²) < 4.78 is 13.6. The van der Waals surface area contributed by atoms with Crippen LogP contribution in [0.3, 0.4) is 0 Å². The van der Waals surface area contributed by atoms with Crippen molar-refractivity contribution in [2.75, 3.05) is 7.05 Å². The van der Waals surface area contributed by atoms with E-state index >= 15 is 0 Å². The number of hydrogen-bond donors (Lipinski definition) is 1. The zero-order valence-corrected chi connectivity index (χ0v) is 14.2. The summed E-state index contributed by atoms with van der Waals surface area (Å²) in [5.74, 6) is 2.85. The summed E-state index contributed by atoms with van der Waals surface area (Å²) in [6, 6.07) is 19.6. The Kier molecular flexibility index (Phi) is 5.61. The molecule has 0 amide bonds. The quantitative estimate of drug-likeness (QED) is 0.656. The Morgan fingerprint density at radius 3 is 2.00 bits per heavy atom. The molecule has 2 aromatic rings. The number of nitrogens with one attached hydrogen (secondary N) is 1. The predicted octanol–water partition coefficient (Wildman–Crippen LogP) is 4.69. The molecule has 0 aromatic heterocycles. The van der Waals surface area contributed by atoms with Gasteiger partial charge in [0.15, 0.2) is 7.14 Å². The zero-order chi connectivity index (χ0) is 16.0. The molecular weight excluding hydrogens is 289 g/mol. The largest absolute Gasteiger partial charge is 0.308 e. The van der Waals surface area contributed by atoms with Crippen LogP contribution >= 0.6 is 7.14 Å². The van der Waals surface area contributed by atoms with Gasteiger partial charge in [0.1, 0.15) is 0 Å². The molecule has 0 saturated heterocycles. The highest BCUT2D eigenvalue weighted by atomic mass is 31.2. The van der Waals surface area contributed by atoms with Gasteiger partial charge in [-0.1, -0.05) is 68.3 Å². The van der Waals surface area contributed by atoms with Crippen molar-refractivity contribution >= 4 is 7.14 Å². The van der Waals surface area contributed by atoms with Crippen LogP contribution in [-0.2, 0) is 4.57 Å². The van der Waals surface area contributed by atoms with Crippen LogP contribution < -0.4 is 5.32 Å². The van der Waals surface area contributed by atoms with Crippen molar-refractivity contribution in [1.82, 2.24) is 5.32 Å². The van der Waals surface area contributed by atoms with Gasteiger partial charge in [-0.3, -0.25) is 0 Å². The molecule has 0 spiro atoms. The van der Waals surface area contributed by atoms with Crippen molar-refractivity contribution < 1.29 is 4.57 Å². The molecule has 1 N–H and O–H groups in total. The van der Waals surface area contributed by atoms with E-state index in [-0.39, 0.29) is 11.4 Å². The highest BCUT2D eigenvalue weighted by Gasteiger charge is 2.34. The van der Waals surface area contributed by atoms with E-state index in [0.29, 0.717) is 0 Å².